The van der Waals surface area contributed by atoms with Gasteiger partial charge in [-0.1, -0.05) is 38.3 Å². The van der Waals surface area contributed by atoms with Gasteiger partial charge in [0, 0.05) is 31.2 Å². The number of hydrogen-bond acceptors (Lipinski definition) is 5. The van der Waals surface area contributed by atoms with Crippen LogP contribution in [0.2, 0.25) is 0 Å². The van der Waals surface area contributed by atoms with E-state index in [1.165, 1.54) is 24.5 Å². The summed E-state index contributed by atoms with van der Waals surface area (Å²) < 4.78 is 30.1. The number of benzene rings is 1. The number of pyridine rings is 1. The lowest BCUT2D eigenvalue weighted by Crippen LogP contribution is -2.56. The fourth-order valence-corrected chi connectivity index (χ4v) is 4.79. The molecule has 0 aliphatic rings. The smallest absolute Gasteiger partial charge is 0.325 e. The zero-order chi connectivity index (χ0) is 22.3. The summed E-state index contributed by atoms with van der Waals surface area (Å²) in [5.74, 6) is -1.20. The molecule has 0 aliphatic carbocycles. The van der Waals surface area contributed by atoms with Crippen LogP contribution >= 0.6 is 0 Å². The van der Waals surface area contributed by atoms with E-state index < -0.39 is 21.5 Å². The van der Waals surface area contributed by atoms with Gasteiger partial charge >= 0.3 is 5.97 Å². The largest absolute Gasteiger partial charge is 0.480 e. The molecule has 0 fully saturated rings. The number of carboxylic acids is 1. The van der Waals surface area contributed by atoms with Gasteiger partial charge in [0.1, 0.15) is 10.4 Å². The van der Waals surface area contributed by atoms with E-state index in [4.69, 9.17) is 0 Å². The van der Waals surface area contributed by atoms with E-state index in [0.717, 1.165) is 18.5 Å². The number of rotatable bonds is 11. The maximum Gasteiger partial charge on any atom is 0.325 e. The molecule has 0 spiro atoms. The molecule has 3 aromatic rings. The molecule has 0 amide bonds. The molecular formula is C22H26N4O4S. The van der Waals surface area contributed by atoms with Crippen molar-refractivity contribution >= 4 is 16.0 Å². The molecule has 1 unspecified atom stereocenters. The van der Waals surface area contributed by atoms with Crippen LogP contribution in [0.5, 0.6) is 0 Å². The Labute approximate surface area is 182 Å². The molecule has 164 valence electrons. The number of nitrogens with zero attached hydrogens (tertiary/aromatic N) is 3. The molecule has 0 aliphatic heterocycles. The van der Waals surface area contributed by atoms with Crippen LogP contribution < -0.4 is 4.72 Å². The maximum atomic E-state index is 13.0. The zero-order valence-corrected chi connectivity index (χ0v) is 18.1. The molecule has 2 aromatic heterocycles. The number of sulfonamides is 1. The Bertz CT molecular complexity index is 1080. The first-order valence-electron chi connectivity index (χ1n) is 10.1. The number of carbonyl (C=O) groups is 1. The molecule has 0 saturated carbocycles. The number of hydrogen-bond donors (Lipinski definition) is 2. The van der Waals surface area contributed by atoms with Crippen LogP contribution in [0.3, 0.4) is 0 Å². The van der Waals surface area contributed by atoms with Crippen LogP contribution in [0.25, 0.3) is 5.69 Å². The highest BCUT2D eigenvalue weighted by atomic mass is 32.2. The van der Waals surface area contributed by atoms with Crippen LogP contribution in [0.4, 0.5) is 0 Å². The molecule has 0 saturated heterocycles. The lowest BCUT2D eigenvalue weighted by molar-refractivity contribution is -0.144. The van der Waals surface area contributed by atoms with Gasteiger partial charge in [-0.05, 0) is 42.3 Å². The Balaban J connectivity index is 1.92. The van der Waals surface area contributed by atoms with Crippen molar-refractivity contribution in [1.82, 2.24) is 19.5 Å². The Hall–Kier alpha value is -3.04. The highest BCUT2D eigenvalue weighted by Gasteiger charge is 2.42. The number of nitrogens with one attached hydrogen (secondary N) is 1. The quantitative estimate of drug-likeness (QED) is 0.441. The predicted octanol–water partition coefficient (Wildman–Crippen LogP) is 3.19. The van der Waals surface area contributed by atoms with Crippen LogP contribution in [0, 0.1) is 0 Å². The van der Waals surface area contributed by atoms with Gasteiger partial charge in [-0.15, -0.1) is 0 Å². The van der Waals surface area contributed by atoms with E-state index in [0.29, 0.717) is 12.0 Å². The second-order valence-electron chi connectivity index (χ2n) is 7.43. The summed E-state index contributed by atoms with van der Waals surface area (Å²) in [6, 6.07) is 12.0. The molecule has 2 heterocycles. The van der Waals surface area contributed by atoms with E-state index in [9.17, 15) is 18.3 Å². The third-order valence-corrected chi connectivity index (χ3v) is 6.62. The molecule has 0 bridgehead atoms. The average molecular weight is 443 g/mol. The molecule has 8 nitrogen and oxygen atoms in total. The minimum atomic E-state index is -4.07. The van der Waals surface area contributed by atoms with Gasteiger partial charge in [0.25, 0.3) is 0 Å². The van der Waals surface area contributed by atoms with Gasteiger partial charge in [0.05, 0.1) is 5.69 Å². The van der Waals surface area contributed by atoms with E-state index >= 15 is 0 Å². The van der Waals surface area contributed by atoms with Crippen molar-refractivity contribution in [2.45, 2.75) is 49.5 Å². The van der Waals surface area contributed by atoms with E-state index in [1.54, 1.807) is 23.0 Å². The number of aromatic nitrogens is 3. The molecule has 9 heteroatoms. The molecule has 0 radical (unpaired) electrons. The second-order valence-corrected chi connectivity index (χ2v) is 9.11. The summed E-state index contributed by atoms with van der Waals surface area (Å²) >= 11 is 0. The highest BCUT2D eigenvalue weighted by molar-refractivity contribution is 7.89. The van der Waals surface area contributed by atoms with Crippen molar-refractivity contribution in [1.29, 1.82) is 0 Å². The second kappa shape index (κ2) is 9.84. The summed E-state index contributed by atoms with van der Waals surface area (Å²) in [4.78, 5) is 16.2. The fourth-order valence-electron chi connectivity index (χ4n) is 3.44. The molecule has 1 atom stereocenters. The number of aliphatic carboxylic acids is 1. The normalized spacial score (nSPS) is 13.6. The van der Waals surface area contributed by atoms with Gasteiger partial charge < -0.3 is 5.11 Å². The molecule has 2 N–H and O–H groups in total. The first-order valence-corrected chi connectivity index (χ1v) is 11.6. The van der Waals surface area contributed by atoms with Crippen LogP contribution in [0.15, 0.2) is 72.1 Å². The molecule has 31 heavy (non-hydrogen) atoms. The van der Waals surface area contributed by atoms with Gasteiger partial charge in [-0.2, -0.15) is 9.82 Å². The minimum Gasteiger partial charge on any atom is -0.480 e. The predicted molar refractivity (Wildman–Crippen MR) is 116 cm³/mol. The Morgan fingerprint density at radius 3 is 2.48 bits per heavy atom. The van der Waals surface area contributed by atoms with Crippen molar-refractivity contribution in [2.24, 2.45) is 0 Å². The van der Waals surface area contributed by atoms with Crippen molar-refractivity contribution in [3.05, 3.63) is 72.8 Å². The van der Waals surface area contributed by atoms with E-state index in [-0.39, 0.29) is 17.7 Å². The Morgan fingerprint density at radius 1 is 1.13 bits per heavy atom. The summed E-state index contributed by atoms with van der Waals surface area (Å²) in [5, 5.41) is 14.3. The third-order valence-electron chi connectivity index (χ3n) is 5.10. The Morgan fingerprint density at radius 2 is 1.90 bits per heavy atom. The fraction of sp³-hybridized carbons (Fsp3) is 0.318. The first-order chi connectivity index (χ1) is 14.9. The van der Waals surface area contributed by atoms with E-state index in [1.807, 2.05) is 31.3 Å². The van der Waals surface area contributed by atoms with Gasteiger partial charge in [-0.25, -0.2) is 13.1 Å². The molecule has 3 rings (SSSR count). The Kier molecular flexibility index (Phi) is 7.19. The summed E-state index contributed by atoms with van der Waals surface area (Å²) in [7, 11) is -4.07. The van der Waals surface area contributed by atoms with Crippen LogP contribution in [0.1, 0.15) is 38.2 Å². The van der Waals surface area contributed by atoms with Gasteiger partial charge in [-0.3, -0.25) is 9.78 Å². The van der Waals surface area contributed by atoms with Gasteiger partial charge in [0.15, 0.2) is 0 Å². The van der Waals surface area contributed by atoms with Crippen molar-refractivity contribution in [3.8, 4) is 5.69 Å². The monoisotopic (exact) mass is 442 g/mol. The van der Waals surface area contributed by atoms with Crippen LogP contribution in [-0.4, -0.2) is 39.8 Å². The highest BCUT2D eigenvalue weighted by Crippen LogP contribution is 2.25. The summed E-state index contributed by atoms with van der Waals surface area (Å²) in [6.45, 7) is 2.01. The summed E-state index contributed by atoms with van der Waals surface area (Å²) in [5.41, 5.74) is -0.128. The standard InChI is InChI=1S/C22H26N4O4S/c1-2-3-4-12-22(21(27)28,25-31(29,30)20-7-5-13-23-17-20)16-18-8-10-19(11-9-18)26-15-6-14-24-26/h5-11,13-15,17,25H,2-4,12,16H2,1H3,(H,27,28). The number of carboxylic acid groups (broad SMARTS) is 1. The number of unbranched alkanes of at least 4 members (excludes halogenated alkanes) is 2. The topological polar surface area (TPSA) is 114 Å². The molecule has 1 aromatic carbocycles. The van der Waals surface area contributed by atoms with Crippen molar-refractivity contribution in [2.75, 3.05) is 0 Å². The lowest BCUT2D eigenvalue weighted by atomic mass is 9.86. The average Bonchev–Trinajstić information content (AvgIpc) is 3.29. The zero-order valence-electron chi connectivity index (χ0n) is 17.3. The van der Waals surface area contributed by atoms with Crippen LogP contribution in [-0.2, 0) is 21.2 Å². The lowest BCUT2D eigenvalue weighted by Gasteiger charge is -2.30. The third kappa shape index (κ3) is 5.56. The SMILES string of the molecule is CCCCCC(Cc1ccc(-n2cccn2)cc1)(NS(=O)(=O)c1cccnc1)C(=O)O. The first kappa shape index (κ1) is 22.6. The summed E-state index contributed by atoms with van der Waals surface area (Å²) in [6.07, 6.45) is 8.64. The van der Waals surface area contributed by atoms with E-state index in [2.05, 4.69) is 14.8 Å². The van der Waals surface area contributed by atoms with Gasteiger partial charge in [0.2, 0.25) is 10.0 Å². The van der Waals surface area contributed by atoms with Crippen molar-refractivity contribution in [3.63, 3.8) is 0 Å². The molecular weight excluding hydrogens is 416 g/mol. The maximum absolute atomic E-state index is 13.0. The minimum absolute atomic E-state index is 0.0188. The van der Waals surface area contributed by atoms with Crippen molar-refractivity contribution < 1.29 is 18.3 Å².